The van der Waals surface area contributed by atoms with Crippen LogP contribution < -0.4 is 14.8 Å². The highest BCUT2D eigenvalue weighted by molar-refractivity contribution is 7.10. The molecule has 7 nitrogen and oxygen atoms in total. The molecule has 0 aliphatic carbocycles. The molecule has 1 aromatic heterocycles. The third-order valence-electron chi connectivity index (χ3n) is 6.60. The third kappa shape index (κ3) is 8.48. The van der Waals surface area contributed by atoms with Gasteiger partial charge in [-0.15, -0.1) is 11.3 Å². The van der Waals surface area contributed by atoms with Crippen LogP contribution in [0.15, 0.2) is 47.8 Å². The second-order valence-electron chi connectivity index (χ2n) is 10.3. The summed E-state index contributed by atoms with van der Waals surface area (Å²) in [7, 11) is 3.23. The molecule has 2 aromatic carbocycles. The topological polar surface area (TPSA) is 71.1 Å². The van der Waals surface area contributed by atoms with Gasteiger partial charge in [-0.05, 0) is 79.4 Å². The molecule has 39 heavy (non-hydrogen) atoms. The molecule has 0 unspecified atom stereocenters. The van der Waals surface area contributed by atoms with Crippen LogP contribution >= 0.6 is 11.3 Å². The van der Waals surface area contributed by atoms with Crippen LogP contribution in [0, 0.1) is 26.7 Å². The molecule has 1 N–H and O–H groups in total. The highest BCUT2D eigenvalue weighted by Crippen LogP contribution is 2.28. The lowest BCUT2D eigenvalue weighted by Crippen LogP contribution is -2.46. The summed E-state index contributed by atoms with van der Waals surface area (Å²) in [6.45, 7) is 11.6. The van der Waals surface area contributed by atoms with Gasteiger partial charge in [-0.2, -0.15) is 0 Å². The standard InChI is InChI=1S/C31H41N3O4S/c1-21(2)18-34(31(36)32-26-10-8-22(3)16-24(26)5)20-30(35)33(19-29-23(4)13-15-39-29)14-12-25-9-11-27(37-6)28(17-25)38-7/h8-11,13,15-17,21H,12,14,18-20H2,1-7H3,(H,32,36). The van der Waals surface area contributed by atoms with Gasteiger partial charge in [0, 0.05) is 23.7 Å². The number of carbonyl (C=O) groups excluding carboxylic acids is 2. The van der Waals surface area contributed by atoms with Crippen LogP contribution in [0.4, 0.5) is 10.5 Å². The summed E-state index contributed by atoms with van der Waals surface area (Å²) in [6, 6.07) is 13.5. The molecule has 1 heterocycles. The SMILES string of the molecule is COc1ccc(CCN(Cc2sccc2C)C(=O)CN(CC(C)C)C(=O)Nc2ccc(C)cc2C)cc1OC. The second-order valence-corrected chi connectivity index (χ2v) is 11.3. The molecular weight excluding hydrogens is 510 g/mol. The molecule has 0 radical (unpaired) electrons. The number of urea groups is 1. The number of carbonyl (C=O) groups is 2. The molecule has 0 aliphatic heterocycles. The number of hydrogen-bond donors (Lipinski definition) is 1. The smallest absolute Gasteiger partial charge is 0.322 e. The van der Waals surface area contributed by atoms with E-state index in [2.05, 4.69) is 18.3 Å². The van der Waals surface area contributed by atoms with Crippen LogP contribution in [0.3, 0.4) is 0 Å². The number of benzene rings is 2. The number of rotatable bonds is 12. The first-order chi connectivity index (χ1) is 18.6. The number of nitrogens with zero attached hydrogens (tertiary/aromatic N) is 2. The predicted molar refractivity (Wildman–Crippen MR) is 159 cm³/mol. The Kier molecular flexibility index (Phi) is 10.8. The number of anilines is 1. The Hall–Kier alpha value is -3.52. The lowest BCUT2D eigenvalue weighted by Gasteiger charge is -2.29. The Labute approximate surface area is 236 Å². The van der Waals surface area contributed by atoms with Gasteiger partial charge in [0.15, 0.2) is 11.5 Å². The molecule has 3 rings (SSSR count). The number of methoxy groups -OCH3 is 2. The van der Waals surface area contributed by atoms with E-state index < -0.39 is 0 Å². The summed E-state index contributed by atoms with van der Waals surface area (Å²) in [6.07, 6.45) is 0.648. The first-order valence-electron chi connectivity index (χ1n) is 13.3. The average molecular weight is 552 g/mol. The third-order valence-corrected chi connectivity index (χ3v) is 7.60. The number of nitrogens with one attached hydrogen (secondary N) is 1. The van der Waals surface area contributed by atoms with Gasteiger partial charge in [0.2, 0.25) is 5.91 Å². The average Bonchev–Trinajstić information content (AvgIpc) is 3.31. The quantitative estimate of drug-likeness (QED) is 0.281. The number of amides is 3. The van der Waals surface area contributed by atoms with Gasteiger partial charge in [0.05, 0.1) is 20.8 Å². The van der Waals surface area contributed by atoms with Crippen molar-refractivity contribution in [2.75, 3.05) is 39.2 Å². The molecule has 210 valence electrons. The number of hydrogen-bond acceptors (Lipinski definition) is 5. The minimum absolute atomic E-state index is 0.00524. The van der Waals surface area contributed by atoms with Gasteiger partial charge in [-0.3, -0.25) is 4.79 Å². The van der Waals surface area contributed by atoms with Crippen LogP contribution in [0.2, 0.25) is 0 Å². The highest BCUT2D eigenvalue weighted by Gasteiger charge is 2.23. The molecule has 8 heteroatoms. The zero-order valence-corrected chi connectivity index (χ0v) is 25.0. The van der Waals surface area contributed by atoms with E-state index in [4.69, 9.17) is 9.47 Å². The molecular formula is C31H41N3O4S. The monoisotopic (exact) mass is 551 g/mol. The Morgan fingerprint density at radius 1 is 0.923 bits per heavy atom. The zero-order valence-electron chi connectivity index (χ0n) is 24.2. The molecule has 3 amide bonds. The molecule has 0 fully saturated rings. The first kappa shape index (κ1) is 30.0. The van der Waals surface area contributed by atoms with E-state index >= 15 is 0 Å². The van der Waals surface area contributed by atoms with Crippen molar-refractivity contribution >= 4 is 29.0 Å². The molecule has 0 saturated heterocycles. The summed E-state index contributed by atoms with van der Waals surface area (Å²) in [4.78, 5) is 31.7. The maximum absolute atomic E-state index is 13.8. The van der Waals surface area contributed by atoms with Crippen molar-refractivity contribution in [3.05, 3.63) is 75.0 Å². The van der Waals surface area contributed by atoms with Crippen molar-refractivity contribution in [3.8, 4) is 11.5 Å². The van der Waals surface area contributed by atoms with Crippen molar-refractivity contribution < 1.29 is 19.1 Å². The molecule has 3 aromatic rings. The van der Waals surface area contributed by atoms with Crippen molar-refractivity contribution in [1.82, 2.24) is 9.80 Å². The summed E-state index contributed by atoms with van der Waals surface area (Å²) in [5.41, 5.74) is 5.08. The van der Waals surface area contributed by atoms with Gasteiger partial charge in [0.1, 0.15) is 6.54 Å². The minimum atomic E-state index is -0.267. The van der Waals surface area contributed by atoms with Crippen LogP contribution in [-0.4, -0.2) is 55.6 Å². The fourth-order valence-corrected chi connectivity index (χ4v) is 5.32. The van der Waals surface area contributed by atoms with Gasteiger partial charge >= 0.3 is 6.03 Å². The number of ether oxygens (including phenoxy) is 2. The van der Waals surface area contributed by atoms with Gasteiger partial charge in [-0.25, -0.2) is 4.79 Å². The second kappa shape index (κ2) is 14.0. The Morgan fingerprint density at radius 3 is 2.28 bits per heavy atom. The maximum atomic E-state index is 13.8. The van der Waals surface area contributed by atoms with Gasteiger partial charge < -0.3 is 24.6 Å². The van der Waals surface area contributed by atoms with E-state index in [-0.39, 0.29) is 24.4 Å². The lowest BCUT2D eigenvalue weighted by atomic mass is 10.1. The summed E-state index contributed by atoms with van der Waals surface area (Å²) in [5, 5.41) is 5.06. The fraction of sp³-hybridized carbons (Fsp3) is 0.419. The van der Waals surface area contributed by atoms with E-state index in [9.17, 15) is 9.59 Å². The normalized spacial score (nSPS) is 10.9. The Balaban J connectivity index is 1.79. The highest BCUT2D eigenvalue weighted by atomic mass is 32.1. The van der Waals surface area contributed by atoms with Gasteiger partial charge in [0.25, 0.3) is 0 Å². The summed E-state index contributed by atoms with van der Waals surface area (Å²) < 4.78 is 10.8. The van der Waals surface area contributed by atoms with E-state index in [0.29, 0.717) is 37.6 Å². The van der Waals surface area contributed by atoms with E-state index in [1.54, 1.807) is 30.5 Å². The molecule has 0 bridgehead atoms. The Bertz CT molecular complexity index is 1270. The number of aryl methyl sites for hydroxylation is 3. The first-order valence-corrected chi connectivity index (χ1v) is 14.1. The van der Waals surface area contributed by atoms with Crippen LogP contribution in [0.1, 0.15) is 41.0 Å². The maximum Gasteiger partial charge on any atom is 0.322 e. The van der Waals surface area contributed by atoms with E-state index in [1.165, 1.54) is 0 Å². The molecule has 0 spiro atoms. The van der Waals surface area contributed by atoms with Crippen LogP contribution in [0.25, 0.3) is 0 Å². The fourth-order valence-electron chi connectivity index (χ4n) is 4.40. The number of thiophene rings is 1. The molecule has 0 saturated carbocycles. The predicted octanol–water partition coefficient (Wildman–Crippen LogP) is 6.45. The summed E-state index contributed by atoms with van der Waals surface area (Å²) in [5.74, 6) is 1.46. The Morgan fingerprint density at radius 2 is 1.67 bits per heavy atom. The van der Waals surface area contributed by atoms with Crippen molar-refractivity contribution in [2.45, 2.75) is 47.6 Å². The van der Waals surface area contributed by atoms with Crippen LogP contribution in [0.5, 0.6) is 11.5 Å². The molecule has 0 atom stereocenters. The lowest BCUT2D eigenvalue weighted by molar-refractivity contribution is -0.132. The van der Waals surface area contributed by atoms with Crippen LogP contribution in [-0.2, 0) is 17.8 Å². The van der Waals surface area contributed by atoms with Crippen molar-refractivity contribution in [2.24, 2.45) is 5.92 Å². The minimum Gasteiger partial charge on any atom is -0.493 e. The molecule has 0 aliphatic rings. The zero-order chi connectivity index (χ0) is 28.5. The van der Waals surface area contributed by atoms with Crippen molar-refractivity contribution in [3.63, 3.8) is 0 Å². The van der Waals surface area contributed by atoms with Gasteiger partial charge in [-0.1, -0.05) is 37.6 Å². The summed E-state index contributed by atoms with van der Waals surface area (Å²) >= 11 is 1.64. The van der Waals surface area contributed by atoms with E-state index in [0.717, 1.165) is 32.8 Å². The van der Waals surface area contributed by atoms with Crippen molar-refractivity contribution in [1.29, 1.82) is 0 Å². The largest absolute Gasteiger partial charge is 0.493 e. The van der Waals surface area contributed by atoms with E-state index in [1.807, 2.05) is 74.4 Å².